The van der Waals surface area contributed by atoms with Crippen LogP contribution in [0.4, 0.5) is 4.79 Å². The number of carbonyl (C=O) groups is 2. The van der Waals surface area contributed by atoms with Crippen LogP contribution in [0.5, 0.6) is 0 Å². The van der Waals surface area contributed by atoms with Gasteiger partial charge in [-0.3, -0.25) is 14.7 Å². The third kappa shape index (κ3) is 2.52. The smallest absolute Gasteiger partial charge is 0.410 e. The second kappa shape index (κ2) is 4.82. The molecule has 0 bridgehead atoms. The number of cyclic esters (lactones) is 1. The van der Waals surface area contributed by atoms with Crippen LogP contribution in [-0.2, 0) is 16.1 Å². The minimum atomic E-state index is -0.542. The number of nitrogens with zero attached hydrogens (tertiary/aromatic N) is 2. The molecule has 1 aromatic rings. The predicted octanol–water partition coefficient (Wildman–Crippen LogP) is 0.148. The first kappa shape index (κ1) is 11.4. The van der Waals surface area contributed by atoms with Gasteiger partial charge in [0.1, 0.15) is 12.6 Å². The van der Waals surface area contributed by atoms with E-state index in [4.69, 9.17) is 4.74 Å². The van der Waals surface area contributed by atoms with Crippen molar-refractivity contribution in [2.75, 3.05) is 13.7 Å². The minimum Gasteiger partial charge on any atom is -0.447 e. The molecule has 1 aliphatic heterocycles. The molecule has 90 valence electrons. The van der Waals surface area contributed by atoms with Crippen LogP contribution in [-0.4, -0.2) is 41.6 Å². The van der Waals surface area contributed by atoms with Crippen LogP contribution < -0.4 is 5.32 Å². The van der Waals surface area contributed by atoms with Crippen molar-refractivity contribution < 1.29 is 14.3 Å². The Hall–Kier alpha value is -2.11. The monoisotopic (exact) mass is 235 g/mol. The van der Waals surface area contributed by atoms with Gasteiger partial charge < -0.3 is 10.1 Å². The molecule has 1 aliphatic rings. The lowest BCUT2D eigenvalue weighted by Gasteiger charge is -2.15. The van der Waals surface area contributed by atoms with Crippen molar-refractivity contribution in [3.63, 3.8) is 0 Å². The van der Waals surface area contributed by atoms with E-state index < -0.39 is 12.1 Å². The van der Waals surface area contributed by atoms with Crippen molar-refractivity contribution in [2.24, 2.45) is 0 Å². The van der Waals surface area contributed by atoms with E-state index >= 15 is 0 Å². The molecule has 0 spiro atoms. The number of ether oxygens (including phenoxy) is 1. The maximum Gasteiger partial charge on any atom is 0.410 e. The Balaban J connectivity index is 1.88. The van der Waals surface area contributed by atoms with Crippen molar-refractivity contribution in [3.05, 3.63) is 30.1 Å². The molecule has 6 heteroatoms. The zero-order valence-electron chi connectivity index (χ0n) is 9.42. The third-order valence-corrected chi connectivity index (χ3v) is 2.61. The fourth-order valence-corrected chi connectivity index (χ4v) is 1.55. The molecular formula is C11H13N3O3. The number of pyridine rings is 1. The number of aromatic nitrogens is 1. The summed E-state index contributed by atoms with van der Waals surface area (Å²) in [6, 6.07) is 3.13. The number of hydrogen-bond donors (Lipinski definition) is 1. The van der Waals surface area contributed by atoms with Crippen molar-refractivity contribution in [3.8, 4) is 0 Å². The van der Waals surface area contributed by atoms with Crippen molar-refractivity contribution in [1.82, 2.24) is 15.2 Å². The lowest BCUT2D eigenvalue weighted by Crippen LogP contribution is -2.43. The van der Waals surface area contributed by atoms with Gasteiger partial charge in [0.15, 0.2) is 0 Å². The molecule has 0 aromatic carbocycles. The van der Waals surface area contributed by atoms with E-state index in [0.717, 1.165) is 5.56 Å². The second-order valence-corrected chi connectivity index (χ2v) is 3.78. The number of rotatable bonds is 3. The van der Waals surface area contributed by atoms with Crippen LogP contribution in [0.1, 0.15) is 5.56 Å². The molecule has 6 nitrogen and oxygen atoms in total. The molecule has 1 N–H and O–H groups in total. The number of likely N-dealkylation sites (N-methyl/N-ethyl adjacent to an activating group) is 1. The normalized spacial score (nSPS) is 19.0. The lowest BCUT2D eigenvalue weighted by molar-refractivity contribution is -0.124. The first-order chi connectivity index (χ1) is 8.18. The predicted molar refractivity (Wildman–Crippen MR) is 59.0 cm³/mol. The SMILES string of the molecule is CN1C(=O)OCC1C(=O)NCc1cccnc1. The quantitative estimate of drug-likeness (QED) is 0.809. The number of amides is 2. The van der Waals surface area contributed by atoms with Gasteiger partial charge in [0.25, 0.3) is 0 Å². The zero-order valence-corrected chi connectivity index (χ0v) is 9.42. The summed E-state index contributed by atoms with van der Waals surface area (Å²) in [5.74, 6) is -0.220. The van der Waals surface area contributed by atoms with Gasteiger partial charge in [0.2, 0.25) is 5.91 Å². The van der Waals surface area contributed by atoms with E-state index in [1.165, 1.54) is 4.90 Å². The Labute approximate surface area is 98.6 Å². The Morgan fingerprint density at radius 1 is 1.71 bits per heavy atom. The van der Waals surface area contributed by atoms with Gasteiger partial charge in [0, 0.05) is 26.0 Å². The summed E-state index contributed by atoms with van der Waals surface area (Å²) in [5, 5.41) is 2.74. The largest absolute Gasteiger partial charge is 0.447 e. The van der Waals surface area contributed by atoms with Crippen LogP contribution in [0, 0.1) is 0 Å². The second-order valence-electron chi connectivity index (χ2n) is 3.78. The highest BCUT2D eigenvalue weighted by Crippen LogP contribution is 2.09. The maximum atomic E-state index is 11.8. The van der Waals surface area contributed by atoms with Gasteiger partial charge >= 0.3 is 6.09 Å². The molecule has 0 radical (unpaired) electrons. The topological polar surface area (TPSA) is 71.5 Å². The molecule has 0 saturated carbocycles. The average Bonchev–Trinajstić information content (AvgIpc) is 2.69. The molecule has 1 fully saturated rings. The summed E-state index contributed by atoms with van der Waals surface area (Å²) in [4.78, 5) is 28.1. The summed E-state index contributed by atoms with van der Waals surface area (Å²) in [5.41, 5.74) is 0.911. The van der Waals surface area contributed by atoms with Crippen molar-refractivity contribution in [1.29, 1.82) is 0 Å². The average molecular weight is 235 g/mol. The van der Waals surface area contributed by atoms with Gasteiger partial charge in [-0.1, -0.05) is 6.07 Å². The summed E-state index contributed by atoms with van der Waals surface area (Å²) in [6.07, 6.45) is 2.88. The van der Waals surface area contributed by atoms with Gasteiger partial charge in [-0.05, 0) is 11.6 Å². The highest BCUT2D eigenvalue weighted by Gasteiger charge is 2.34. The molecule has 1 saturated heterocycles. The van der Waals surface area contributed by atoms with E-state index in [1.54, 1.807) is 25.5 Å². The van der Waals surface area contributed by atoms with Crippen LogP contribution in [0.3, 0.4) is 0 Å². The van der Waals surface area contributed by atoms with E-state index in [-0.39, 0.29) is 12.5 Å². The first-order valence-electron chi connectivity index (χ1n) is 5.24. The molecule has 2 heterocycles. The summed E-state index contributed by atoms with van der Waals surface area (Å²) in [7, 11) is 1.55. The summed E-state index contributed by atoms with van der Waals surface area (Å²) < 4.78 is 4.76. The van der Waals surface area contributed by atoms with Crippen LogP contribution in [0.2, 0.25) is 0 Å². The molecule has 1 atom stereocenters. The van der Waals surface area contributed by atoms with Gasteiger partial charge in [-0.25, -0.2) is 4.79 Å². The molecule has 0 aliphatic carbocycles. The Kier molecular flexibility index (Phi) is 3.22. The molecule has 2 amide bonds. The zero-order chi connectivity index (χ0) is 12.3. The first-order valence-corrected chi connectivity index (χ1v) is 5.24. The molecule has 17 heavy (non-hydrogen) atoms. The fraction of sp³-hybridized carbons (Fsp3) is 0.364. The number of hydrogen-bond acceptors (Lipinski definition) is 4. The standard InChI is InChI=1S/C11H13N3O3/c1-14-9(7-17-11(14)16)10(15)13-6-8-3-2-4-12-5-8/h2-5,9H,6-7H2,1H3,(H,13,15). The Morgan fingerprint density at radius 2 is 2.53 bits per heavy atom. The highest BCUT2D eigenvalue weighted by atomic mass is 16.6. The molecule has 2 rings (SSSR count). The van der Waals surface area contributed by atoms with Crippen LogP contribution in [0.25, 0.3) is 0 Å². The van der Waals surface area contributed by atoms with Gasteiger partial charge in [0.05, 0.1) is 0 Å². The highest BCUT2D eigenvalue weighted by molar-refractivity contribution is 5.87. The van der Waals surface area contributed by atoms with E-state index in [0.29, 0.717) is 6.54 Å². The van der Waals surface area contributed by atoms with E-state index in [9.17, 15) is 9.59 Å². The number of nitrogens with one attached hydrogen (secondary N) is 1. The number of carbonyl (C=O) groups excluding carboxylic acids is 2. The van der Waals surface area contributed by atoms with Gasteiger partial charge in [-0.15, -0.1) is 0 Å². The van der Waals surface area contributed by atoms with Crippen molar-refractivity contribution >= 4 is 12.0 Å². The third-order valence-electron chi connectivity index (χ3n) is 2.61. The van der Waals surface area contributed by atoms with Crippen LogP contribution in [0.15, 0.2) is 24.5 Å². The summed E-state index contributed by atoms with van der Waals surface area (Å²) >= 11 is 0. The maximum absolute atomic E-state index is 11.8. The van der Waals surface area contributed by atoms with E-state index in [1.807, 2.05) is 6.07 Å². The molecule has 1 unspecified atom stereocenters. The lowest BCUT2D eigenvalue weighted by atomic mass is 10.2. The minimum absolute atomic E-state index is 0.105. The van der Waals surface area contributed by atoms with E-state index in [2.05, 4.69) is 10.3 Å². The Morgan fingerprint density at radius 3 is 3.12 bits per heavy atom. The van der Waals surface area contributed by atoms with Gasteiger partial charge in [-0.2, -0.15) is 0 Å². The Bertz CT molecular complexity index is 421. The van der Waals surface area contributed by atoms with Crippen LogP contribution >= 0.6 is 0 Å². The molecular weight excluding hydrogens is 222 g/mol. The summed E-state index contributed by atoms with van der Waals surface area (Å²) in [6.45, 7) is 0.499. The van der Waals surface area contributed by atoms with Crippen molar-refractivity contribution in [2.45, 2.75) is 12.6 Å². The fourth-order valence-electron chi connectivity index (χ4n) is 1.55. The molecule has 1 aromatic heterocycles.